The Morgan fingerprint density at radius 2 is 2.14 bits per heavy atom. The van der Waals surface area contributed by atoms with E-state index in [1.165, 1.54) is 6.42 Å². The highest BCUT2D eigenvalue weighted by molar-refractivity contribution is 6.32. The van der Waals surface area contributed by atoms with Crippen LogP contribution < -0.4 is 5.32 Å². The molecule has 0 amide bonds. The van der Waals surface area contributed by atoms with Gasteiger partial charge in [0.25, 0.3) is 0 Å². The quantitative estimate of drug-likeness (QED) is 0.788. The third-order valence-electron chi connectivity index (χ3n) is 2.86. The second-order valence-corrected chi connectivity index (χ2v) is 4.37. The zero-order valence-electron chi connectivity index (χ0n) is 8.34. The van der Waals surface area contributed by atoms with Gasteiger partial charge in [0.1, 0.15) is 5.75 Å². The summed E-state index contributed by atoms with van der Waals surface area (Å²) < 4.78 is 0. The smallest absolute Gasteiger partial charge is 0.119 e. The van der Waals surface area contributed by atoms with E-state index >= 15 is 0 Å². The fourth-order valence-corrected chi connectivity index (χ4v) is 2.27. The first-order valence-corrected chi connectivity index (χ1v) is 5.21. The average Bonchev–Trinajstić information content (AvgIpc) is 2.80. The van der Waals surface area contributed by atoms with E-state index in [1.807, 2.05) is 7.05 Å². The number of hydrogen-bond acceptors (Lipinski definition) is 2. The summed E-state index contributed by atoms with van der Waals surface area (Å²) in [6.45, 7) is 2.22. The van der Waals surface area contributed by atoms with Gasteiger partial charge in [0.15, 0.2) is 0 Å². The molecule has 2 unspecified atom stereocenters. The maximum atomic E-state index is 9.39. The number of anilines is 1. The van der Waals surface area contributed by atoms with Gasteiger partial charge >= 0.3 is 0 Å². The molecular weight excluding hydrogens is 198 g/mol. The van der Waals surface area contributed by atoms with Crippen molar-refractivity contribution in [1.29, 1.82) is 0 Å². The van der Waals surface area contributed by atoms with Gasteiger partial charge in [-0.05, 0) is 29.9 Å². The molecule has 1 aromatic rings. The largest absolute Gasteiger partial charge is 0.508 e. The summed E-state index contributed by atoms with van der Waals surface area (Å²) in [5, 5.41) is 13.1. The van der Waals surface area contributed by atoms with Crippen molar-refractivity contribution in [2.75, 3.05) is 12.4 Å². The molecule has 1 aliphatic carbocycles. The number of hydrogen-bond donors (Lipinski definition) is 2. The lowest BCUT2D eigenvalue weighted by molar-refractivity contribution is 0.475. The van der Waals surface area contributed by atoms with Crippen molar-refractivity contribution in [1.82, 2.24) is 0 Å². The summed E-state index contributed by atoms with van der Waals surface area (Å²) in [6.07, 6.45) is 1.19. The maximum absolute atomic E-state index is 9.39. The lowest BCUT2D eigenvalue weighted by atomic mass is 10.1. The third-order valence-corrected chi connectivity index (χ3v) is 3.18. The van der Waals surface area contributed by atoms with E-state index in [4.69, 9.17) is 11.6 Å². The normalized spacial score (nSPS) is 24.8. The summed E-state index contributed by atoms with van der Waals surface area (Å²) in [7, 11) is 1.85. The summed E-state index contributed by atoms with van der Waals surface area (Å²) >= 11 is 6.11. The highest BCUT2D eigenvalue weighted by Crippen LogP contribution is 2.52. The lowest BCUT2D eigenvalue weighted by Crippen LogP contribution is -1.95. The van der Waals surface area contributed by atoms with E-state index in [0.29, 0.717) is 16.9 Å². The molecule has 76 valence electrons. The topological polar surface area (TPSA) is 32.3 Å². The Hall–Kier alpha value is -0.890. The Kier molecular flexibility index (Phi) is 2.31. The van der Waals surface area contributed by atoms with Crippen molar-refractivity contribution >= 4 is 17.3 Å². The molecular formula is C11H14ClNO. The molecule has 2 rings (SSSR count). The van der Waals surface area contributed by atoms with Crippen LogP contribution in [0.4, 0.5) is 5.69 Å². The van der Waals surface area contributed by atoms with E-state index in [0.717, 1.165) is 11.3 Å². The molecule has 3 heteroatoms. The Bertz CT molecular complexity index is 365. The highest BCUT2D eigenvalue weighted by Gasteiger charge is 2.37. The Morgan fingerprint density at radius 3 is 2.64 bits per heavy atom. The summed E-state index contributed by atoms with van der Waals surface area (Å²) in [5.74, 6) is 1.49. The van der Waals surface area contributed by atoms with Crippen molar-refractivity contribution in [3.8, 4) is 5.75 Å². The molecule has 0 bridgehead atoms. The molecule has 0 aromatic heterocycles. The third kappa shape index (κ3) is 1.55. The molecule has 14 heavy (non-hydrogen) atoms. The van der Waals surface area contributed by atoms with Gasteiger partial charge in [0.2, 0.25) is 0 Å². The van der Waals surface area contributed by atoms with Gasteiger partial charge in [0, 0.05) is 23.8 Å². The van der Waals surface area contributed by atoms with Crippen LogP contribution in [0.25, 0.3) is 0 Å². The summed E-state index contributed by atoms with van der Waals surface area (Å²) in [4.78, 5) is 0. The van der Waals surface area contributed by atoms with Gasteiger partial charge in [-0.2, -0.15) is 0 Å². The Morgan fingerprint density at radius 1 is 1.50 bits per heavy atom. The lowest BCUT2D eigenvalue weighted by Gasteiger charge is -2.11. The predicted molar refractivity (Wildman–Crippen MR) is 59.2 cm³/mol. The number of benzene rings is 1. The Labute approximate surface area is 88.9 Å². The van der Waals surface area contributed by atoms with Gasteiger partial charge in [-0.25, -0.2) is 0 Å². The van der Waals surface area contributed by atoms with Crippen LogP contribution in [0.1, 0.15) is 24.8 Å². The van der Waals surface area contributed by atoms with Crippen LogP contribution in [0.2, 0.25) is 5.02 Å². The van der Waals surface area contributed by atoms with Crippen LogP contribution in [0.15, 0.2) is 12.1 Å². The predicted octanol–water partition coefficient (Wildman–Crippen LogP) is 3.21. The number of phenols is 1. The molecule has 1 fully saturated rings. The van der Waals surface area contributed by atoms with Gasteiger partial charge in [0.05, 0.1) is 0 Å². The van der Waals surface area contributed by atoms with E-state index < -0.39 is 0 Å². The fourth-order valence-electron chi connectivity index (χ4n) is 1.91. The van der Waals surface area contributed by atoms with Gasteiger partial charge in [-0.3, -0.25) is 0 Å². The minimum atomic E-state index is 0.219. The molecule has 0 radical (unpaired) electrons. The van der Waals surface area contributed by atoms with Gasteiger partial charge < -0.3 is 10.4 Å². The van der Waals surface area contributed by atoms with Gasteiger partial charge in [-0.15, -0.1) is 0 Å². The molecule has 1 saturated carbocycles. The molecule has 0 saturated heterocycles. The number of phenolic OH excluding ortho intramolecular Hbond substituents is 1. The molecule has 2 N–H and O–H groups in total. The summed E-state index contributed by atoms with van der Waals surface area (Å²) in [6, 6.07) is 3.34. The Balaban J connectivity index is 2.46. The average molecular weight is 212 g/mol. The molecule has 0 heterocycles. The molecule has 1 aromatic carbocycles. The van der Waals surface area contributed by atoms with Crippen LogP contribution in [-0.2, 0) is 0 Å². The molecule has 2 nitrogen and oxygen atoms in total. The second-order valence-electron chi connectivity index (χ2n) is 3.96. The standard InChI is InChI=1S/C11H14ClNO/c1-6-3-8(6)11-9(12)4-7(14)5-10(11)13-2/h4-6,8,13-14H,3H2,1-2H3. The van der Waals surface area contributed by atoms with Crippen molar-refractivity contribution in [3.05, 3.63) is 22.7 Å². The molecule has 1 aliphatic rings. The second kappa shape index (κ2) is 3.35. The number of halogens is 1. The first-order chi connectivity index (χ1) is 6.63. The number of nitrogens with one attached hydrogen (secondary N) is 1. The van der Waals surface area contributed by atoms with E-state index in [-0.39, 0.29) is 5.75 Å². The number of rotatable bonds is 2. The molecule has 0 aliphatic heterocycles. The van der Waals surface area contributed by atoms with Gasteiger partial charge in [-0.1, -0.05) is 18.5 Å². The zero-order chi connectivity index (χ0) is 10.3. The van der Waals surface area contributed by atoms with E-state index in [1.54, 1.807) is 12.1 Å². The first kappa shape index (κ1) is 9.66. The van der Waals surface area contributed by atoms with Crippen molar-refractivity contribution in [3.63, 3.8) is 0 Å². The summed E-state index contributed by atoms with van der Waals surface area (Å²) in [5.41, 5.74) is 2.10. The van der Waals surface area contributed by atoms with Crippen LogP contribution in [0, 0.1) is 5.92 Å². The monoisotopic (exact) mass is 211 g/mol. The molecule has 0 spiro atoms. The first-order valence-electron chi connectivity index (χ1n) is 4.83. The van der Waals surface area contributed by atoms with E-state index in [9.17, 15) is 5.11 Å². The SMILES string of the molecule is CNc1cc(O)cc(Cl)c1C1CC1C. The maximum Gasteiger partial charge on any atom is 0.119 e. The minimum absolute atomic E-state index is 0.219. The fraction of sp³-hybridized carbons (Fsp3) is 0.455. The highest BCUT2D eigenvalue weighted by atomic mass is 35.5. The van der Waals surface area contributed by atoms with Crippen molar-refractivity contribution in [2.24, 2.45) is 5.92 Å². The minimum Gasteiger partial charge on any atom is -0.508 e. The van der Waals surface area contributed by atoms with Crippen LogP contribution >= 0.6 is 11.6 Å². The van der Waals surface area contributed by atoms with Crippen molar-refractivity contribution < 1.29 is 5.11 Å². The molecule has 2 atom stereocenters. The van der Waals surface area contributed by atoms with Crippen LogP contribution in [-0.4, -0.2) is 12.2 Å². The van der Waals surface area contributed by atoms with Crippen molar-refractivity contribution in [2.45, 2.75) is 19.3 Å². The van der Waals surface area contributed by atoms with Crippen LogP contribution in [0.3, 0.4) is 0 Å². The van der Waals surface area contributed by atoms with E-state index in [2.05, 4.69) is 12.2 Å². The number of aromatic hydroxyl groups is 1. The zero-order valence-corrected chi connectivity index (χ0v) is 9.10. The van der Waals surface area contributed by atoms with Crippen LogP contribution in [0.5, 0.6) is 5.75 Å².